The van der Waals surface area contributed by atoms with E-state index in [4.69, 9.17) is 14.0 Å². The number of ether oxygens (including phenoxy) is 2. The van der Waals surface area contributed by atoms with Crippen LogP contribution >= 0.6 is 0 Å². The summed E-state index contributed by atoms with van der Waals surface area (Å²) in [5, 5.41) is 4.20. The number of likely N-dealkylation sites (tertiary alicyclic amines) is 1. The standard InChI is InChI=1S/C22H23N3O3/c1-15-5-2-3-6-17(15)22-23-21(28-24-22)14-25-10-4-7-18(25)16-8-9-19-20(13-16)27-12-11-26-19/h2-3,5-6,8-9,13,18H,4,7,10-12,14H2,1H3/t18-/m1/s1. The van der Waals surface area contributed by atoms with Gasteiger partial charge in [-0.3, -0.25) is 4.90 Å². The Hall–Kier alpha value is -2.86. The number of hydrogen-bond donors (Lipinski definition) is 0. The zero-order valence-corrected chi connectivity index (χ0v) is 15.9. The fourth-order valence-corrected chi connectivity index (χ4v) is 4.09. The average Bonchev–Trinajstić information content (AvgIpc) is 3.38. The molecule has 0 bridgehead atoms. The third-order valence-electron chi connectivity index (χ3n) is 5.51. The first kappa shape index (κ1) is 17.3. The summed E-state index contributed by atoms with van der Waals surface area (Å²) in [6.07, 6.45) is 2.26. The molecular weight excluding hydrogens is 354 g/mol. The first-order chi connectivity index (χ1) is 13.8. The molecular formula is C22H23N3O3. The molecule has 6 heteroatoms. The highest BCUT2D eigenvalue weighted by atomic mass is 16.6. The Kier molecular flexibility index (Phi) is 4.49. The number of nitrogens with zero attached hydrogens (tertiary/aromatic N) is 3. The summed E-state index contributed by atoms with van der Waals surface area (Å²) in [6.45, 7) is 4.94. The lowest BCUT2D eigenvalue weighted by Gasteiger charge is -2.25. The first-order valence-electron chi connectivity index (χ1n) is 9.80. The SMILES string of the molecule is Cc1ccccc1-c1noc(CN2CCC[C@@H]2c2ccc3c(c2)OCCO3)n1. The summed E-state index contributed by atoms with van der Waals surface area (Å²) >= 11 is 0. The van der Waals surface area contributed by atoms with Gasteiger partial charge in [0.15, 0.2) is 11.5 Å². The highest BCUT2D eigenvalue weighted by Gasteiger charge is 2.29. The molecule has 0 unspecified atom stereocenters. The van der Waals surface area contributed by atoms with Crippen LogP contribution in [0.15, 0.2) is 47.0 Å². The molecule has 2 aliphatic rings. The van der Waals surface area contributed by atoms with Crippen molar-refractivity contribution < 1.29 is 14.0 Å². The largest absolute Gasteiger partial charge is 0.486 e. The Morgan fingerprint density at radius 2 is 1.93 bits per heavy atom. The highest BCUT2D eigenvalue weighted by Crippen LogP contribution is 2.38. The van der Waals surface area contributed by atoms with Crippen molar-refractivity contribution in [2.45, 2.75) is 32.4 Å². The highest BCUT2D eigenvalue weighted by molar-refractivity contribution is 5.58. The van der Waals surface area contributed by atoms with E-state index in [1.807, 2.05) is 24.3 Å². The van der Waals surface area contributed by atoms with E-state index < -0.39 is 0 Å². The van der Waals surface area contributed by atoms with Gasteiger partial charge in [-0.2, -0.15) is 4.98 Å². The van der Waals surface area contributed by atoms with Crippen molar-refractivity contribution in [3.8, 4) is 22.9 Å². The molecule has 0 spiro atoms. The average molecular weight is 377 g/mol. The minimum absolute atomic E-state index is 0.324. The van der Waals surface area contributed by atoms with Gasteiger partial charge in [0, 0.05) is 11.6 Å². The van der Waals surface area contributed by atoms with Crippen LogP contribution < -0.4 is 9.47 Å². The van der Waals surface area contributed by atoms with Crippen LogP contribution in [-0.4, -0.2) is 34.8 Å². The lowest BCUT2D eigenvalue weighted by atomic mass is 10.0. The van der Waals surface area contributed by atoms with Crippen LogP contribution in [0.1, 0.15) is 35.9 Å². The molecule has 0 saturated carbocycles. The maximum absolute atomic E-state index is 5.76. The molecule has 5 rings (SSSR count). The second-order valence-corrected chi connectivity index (χ2v) is 7.36. The number of benzene rings is 2. The third-order valence-corrected chi connectivity index (χ3v) is 5.51. The zero-order chi connectivity index (χ0) is 18.9. The molecule has 3 heterocycles. The summed E-state index contributed by atoms with van der Waals surface area (Å²) in [7, 11) is 0. The van der Waals surface area contributed by atoms with Gasteiger partial charge in [0.25, 0.3) is 0 Å². The molecule has 1 aromatic heterocycles. The minimum Gasteiger partial charge on any atom is -0.486 e. The van der Waals surface area contributed by atoms with Gasteiger partial charge in [-0.05, 0) is 49.6 Å². The van der Waals surface area contributed by atoms with E-state index in [0.717, 1.165) is 42.0 Å². The molecule has 3 aromatic rings. The van der Waals surface area contributed by atoms with Gasteiger partial charge in [-0.1, -0.05) is 35.5 Å². The predicted octanol–water partition coefficient (Wildman–Crippen LogP) is 4.15. The number of rotatable bonds is 4. The Morgan fingerprint density at radius 3 is 2.82 bits per heavy atom. The van der Waals surface area contributed by atoms with Crippen LogP contribution in [0.2, 0.25) is 0 Å². The van der Waals surface area contributed by atoms with Crippen LogP contribution in [-0.2, 0) is 6.54 Å². The van der Waals surface area contributed by atoms with Gasteiger partial charge in [-0.15, -0.1) is 0 Å². The van der Waals surface area contributed by atoms with Crippen molar-refractivity contribution in [3.05, 3.63) is 59.5 Å². The zero-order valence-electron chi connectivity index (χ0n) is 15.9. The van der Waals surface area contributed by atoms with E-state index in [9.17, 15) is 0 Å². The van der Waals surface area contributed by atoms with E-state index in [-0.39, 0.29) is 0 Å². The van der Waals surface area contributed by atoms with E-state index in [2.05, 4.69) is 40.2 Å². The van der Waals surface area contributed by atoms with Crippen LogP contribution in [0, 0.1) is 6.92 Å². The molecule has 2 aliphatic heterocycles. The van der Waals surface area contributed by atoms with E-state index in [0.29, 0.717) is 37.5 Å². The Bertz CT molecular complexity index is 985. The van der Waals surface area contributed by atoms with E-state index >= 15 is 0 Å². The molecule has 0 amide bonds. The third kappa shape index (κ3) is 3.24. The molecule has 1 saturated heterocycles. The van der Waals surface area contributed by atoms with Crippen LogP contribution in [0.25, 0.3) is 11.4 Å². The summed E-state index contributed by atoms with van der Waals surface area (Å²) in [5.41, 5.74) is 3.41. The van der Waals surface area contributed by atoms with Gasteiger partial charge in [0.2, 0.25) is 11.7 Å². The first-order valence-corrected chi connectivity index (χ1v) is 9.80. The fraction of sp³-hybridized carbons (Fsp3) is 0.364. The quantitative estimate of drug-likeness (QED) is 0.681. The summed E-state index contributed by atoms with van der Waals surface area (Å²) in [5.74, 6) is 2.99. The topological polar surface area (TPSA) is 60.6 Å². The van der Waals surface area contributed by atoms with E-state index in [1.165, 1.54) is 5.56 Å². The lowest BCUT2D eigenvalue weighted by Crippen LogP contribution is -2.23. The van der Waals surface area contributed by atoms with Crippen LogP contribution in [0.4, 0.5) is 0 Å². The second-order valence-electron chi connectivity index (χ2n) is 7.36. The summed E-state index contributed by atoms with van der Waals surface area (Å²) in [4.78, 5) is 7.04. The number of hydrogen-bond acceptors (Lipinski definition) is 6. The van der Waals surface area contributed by atoms with Crippen molar-refractivity contribution in [1.82, 2.24) is 15.0 Å². The van der Waals surface area contributed by atoms with Gasteiger partial charge >= 0.3 is 0 Å². The van der Waals surface area contributed by atoms with Crippen LogP contribution in [0.3, 0.4) is 0 Å². The van der Waals surface area contributed by atoms with Gasteiger partial charge in [-0.25, -0.2) is 0 Å². The molecule has 28 heavy (non-hydrogen) atoms. The van der Waals surface area contributed by atoms with Gasteiger partial charge in [0.05, 0.1) is 6.54 Å². The number of aryl methyl sites for hydroxylation is 1. The molecule has 0 N–H and O–H groups in total. The molecule has 144 valence electrons. The summed E-state index contributed by atoms with van der Waals surface area (Å²) < 4.78 is 17.0. The van der Waals surface area contributed by atoms with Crippen LogP contribution in [0.5, 0.6) is 11.5 Å². The van der Waals surface area contributed by atoms with Crippen molar-refractivity contribution in [1.29, 1.82) is 0 Å². The Balaban J connectivity index is 1.35. The van der Waals surface area contributed by atoms with E-state index in [1.54, 1.807) is 0 Å². The van der Waals surface area contributed by atoms with Gasteiger partial charge in [0.1, 0.15) is 13.2 Å². The lowest BCUT2D eigenvalue weighted by molar-refractivity contribution is 0.170. The molecule has 2 aromatic carbocycles. The smallest absolute Gasteiger partial charge is 0.241 e. The number of fused-ring (bicyclic) bond motifs is 1. The van der Waals surface area contributed by atoms with Crippen molar-refractivity contribution in [3.63, 3.8) is 0 Å². The Labute approximate surface area is 164 Å². The monoisotopic (exact) mass is 377 g/mol. The molecule has 0 radical (unpaired) electrons. The fourth-order valence-electron chi connectivity index (χ4n) is 4.09. The van der Waals surface area contributed by atoms with Gasteiger partial charge < -0.3 is 14.0 Å². The molecule has 1 atom stereocenters. The second kappa shape index (κ2) is 7.28. The minimum atomic E-state index is 0.324. The van der Waals surface area contributed by atoms with Crippen molar-refractivity contribution in [2.24, 2.45) is 0 Å². The van der Waals surface area contributed by atoms with Crippen molar-refractivity contribution >= 4 is 0 Å². The maximum atomic E-state index is 5.76. The Morgan fingerprint density at radius 1 is 1.07 bits per heavy atom. The predicted molar refractivity (Wildman–Crippen MR) is 104 cm³/mol. The maximum Gasteiger partial charge on any atom is 0.241 e. The summed E-state index contributed by atoms with van der Waals surface area (Å²) in [6, 6.07) is 14.7. The molecule has 6 nitrogen and oxygen atoms in total. The molecule has 0 aliphatic carbocycles. The molecule has 1 fully saturated rings. The number of aromatic nitrogens is 2. The normalized spacial score (nSPS) is 19.1. The van der Waals surface area contributed by atoms with Crippen molar-refractivity contribution in [2.75, 3.05) is 19.8 Å².